The molecule has 0 aliphatic carbocycles. The molecule has 4 unspecified atom stereocenters. The van der Waals surface area contributed by atoms with Crippen molar-refractivity contribution in [3.05, 3.63) is 95.5 Å². The van der Waals surface area contributed by atoms with E-state index in [9.17, 15) is 10.4 Å². The third kappa shape index (κ3) is 7.57. The van der Waals surface area contributed by atoms with Crippen molar-refractivity contribution in [2.24, 2.45) is 5.92 Å². The Morgan fingerprint density at radius 3 is 2.46 bits per heavy atom. The Labute approximate surface area is 290 Å². The van der Waals surface area contributed by atoms with Crippen molar-refractivity contribution in [1.29, 1.82) is 5.26 Å². The molecule has 0 amide bonds. The van der Waals surface area contributed by atoms with Crippen molar-refractivity contribution in [1.82, 2.24) is 34.3 Å². The molecule has 1 aromatic carbocycles. The monoisotopic (exact) mass is 676 g/mol. The number of benzene rings is 1. The van der Waals surface area contributed by atoms with Crippen LogP contribution in [0.3, 0.4) is 0 Å². The van der Waals surface area contributed by atoms with Gasteiger partial charge in [-0.05, 0) is 57.4 Å². The fraction of sp³-hybridized carbons (Fsp3) is 0.432. The van der Waals surface area contributed by atoms with Gasteiger partial charge in [-0.15, -0.1) is 0 Å². The van der Waals surface area contributed by atoms with Crippen LogP contribution in [0.2, 0.25) is 0 Å². The van der Waals surface area contributed by atoms with Crippen LogP contribution in [0.4, 0.5) is 0 Å². The average Bonchev–Trinajstić information content (AvgIpc) is 3.94. The van der Waals surface area contributed by atoms with Crippen molar-refractivity contribution >= 4 is 0 Å². The van der Waals surface area contributed by atoms with E-state index in [4.69, 9.17) is 18.5 Å². The highest BCUT2D eigenvalue weighted by molar-refractivity contribution is 5.59. The van der Waals surface area contributed by atoms with Crippen LogP contribution in [0, 0.1) is 29.1 Å². The standard InChI is InChI=1S/C37H40N8O5/c1-25(46)36-39-13-16-44(36)23-30-19-32(49-41-30)28-11-9-27(10-12-28)7-3-5-15-43-22-29(21-38)35(43)33-20-31(42-50-33)24-45-17-14-40-37(45)26(2)48-34-8-4-6-18-47-34/h9-14,16-17,19-20,25-26,29,34-35,46H,4-6,8,15,18,22-24H2,1-2H3/t25?,26-,29?,34?,35?/m0/s1. The lowest BCUT2D eigenvalue weighted by Gasteiger charge is -2.43. The first kappa shape index (κ1) is 33.4. The lowest BCUT2D eigenvalue weighted by Crippen LogP contribution is -2.49. The number of likely N-dealkylation sites (tertiary alicyclic amines) is 1. The molecule has 2 saturated heterocycles. The van der Waals surface area contributed by atoms with Gasteiger partial charge < -0.3 is 32.8 Å². The molecule has 6 heterocycles. The highest BCUT2D eigenvalue weighted by Crippen LogP contribution is 2.39. The second-order valence-corrected chi connectivity index (χ2v) is 12.8. The summed E-state index contributed by atoms with van der Waals surface area (Å²) in [5, 5.41) is 28.2. The first-order valence-corrected chi connectivity index (χ1v) is 17.1. The number of ether oxygens (including phenoxy) is 2. The number of hydrogen-bond acceptors (Lipinski definition) is 11. The van der Waals surface area contributed by atoms with E-state index < -0.39 is 6.10 Å². The van der Waals surface area contributed by atoms with Gasteiger partial charge in [-0.1, -0.05) is 22.2 Å². The van der Waals surface area contributed by atoms with Crippen LogP contribution < -0.4 is 0 Å². The summed E-state index contributed by atoms with van der Waals surface area (Å²) in [5.41, 5.74) is 3.29. The van der Waals surface area contributed by atoms with Gasteiger partial charge in [-0.25, -0.2) is 9.97 Å². The van der Waals surface area contributed by atoms with E-state index in [0.717, 1.165) is 54.2 Å². The first-order chi connectivity index (χ1) is 24.4. The van der Waals surface area contributed by atoms with Gasteiger partial charge in [0.25, 0.3) is 0 Å². The second kappa shape index (κ2) is 15.2. The lowest BCUT2D eigenvalue weighted by atomic mass is 9.87. The first-order valence-electron chi connectivity index (χ1n) is 17.1. The van der Waals surface area contributed by atoms with E-state index in [1.807, 2.05) is 64.8 Å². The topological polar surface area (TPSA) is 153 Å². The Morgan fingerprint density at radius 2 is 1.72 bits per heavy atom. The number of aliphatic hydroxyl groups excluding tert-OH is 1. The SMILES string of the molecule is CC(O)c1nccn1Cc1cc(-c2ccc(C#CCCN3CC(C#N)C3c3cc(Cn4ccnc4[C@H](C)OC4CCCCO4)no3)cc2)on1. The highest BCUT2D eigenvalue weighted by Gasteiger charge is 2.42. The predicted molar refractivity (Wildman–Crippen MR) is 180 cm³/mol. The number of imidazole rings is 2. The van der Waals surface area contributed by atoms with E-state index in [-0.39, 0.29) is 24.4 Å². The Bertz CT molecular complexity index is 1970. The number of aliphatic hydroxyl groups is 1. The molecule has 4 aromatic heterocycles. The van der Waals surface area contributed by atoms with E-state index in [1.54, 1.807) is 19.3 Å². The Hall–Kier alpha value is -5.05. The van der Waals surface area contributed by atoms with Crippen molar-refractivity contribution in [2.75, 3.05) is 19.7 Å². The normalized spacial score (nSPS) is 20.4. The van der Waals surface area contributed by atoms with Crippen LogP contribution >= 0.6 is 0 Å². The predicted octanol–water partition coefficient (Wildman–Crippen LogP) is 5.41. The van der Waals surface area contributed by atoms with Crippen LogP contribution in [0.25, 0.3) is 11.3 Å². The molecule has 13 heteroatoms. The van der Waals surface area contributed by atoms with Crippen molar-refractivity contribution in [3.8, 4) is 29.2 Å². The molecule has 13 nitrogen and oxygen atoms in total. The molecule has 2 aliphatic rings. The van der Waals surface area contributed by atoms with E-state index >= 15 is 0 Å². The fourth-order valence-electron chi connectivity index (χ4n) is 6.54. The molecule has 7 rings (SSSR count). The van der Waals surface area contributed by atoms with Crippen LogP contribution in [-0.2, 0) is 22.6 Å². The molecule has 0 bridgehead atoms. The number of rotatable bonds is 12. The molecular weight excluding hydrogens is 636 g/mol. The van der Waals surface area contributed by atoms with Gasteiger partial charge in [0.15, 0.2) is 17.8 Å². The van der Waals surface area contributed by atoms with Gasteiger partial charge in [0.2, 0.25) is 0 Å². The number of nitriles is 1. The van der Waals surface area contributed by atoms with Gasteiger partial charge in [0.05, 0.1) is 31.1 Å². The lowest BCUT2D eigenvalue weighted by molar-refractivity contribution is -0.188. The maximum Gasteiger partial charge on any atom is 0.167 e. The summed E-state index contributed by atoms with van der Waals surface area (Å²) in [6.07, 6.45) is 9.75. The van der Waals surface area contributed by atoms with E-state index in [2.05, 4.69) is 43.1 Å². The molecule has 2 fully saturated rings. The van der Waals surface area contributed by atoms with Crippen LogP contribution in [0.1, 0.15) is 92.1 Å². The Balaban J connectivity index is 0.917. The van der Waals surface area contributed by atoms with Gasteiger partial charge in [0, 0.05) is 74.2 Å². The van der Waals surface area contributed by atoms with Gasteiger partial charge in [-0.2, -0.15) is 5.26 Å². The molecule has 258 valence electrons. The minimum Gasteiger partial charge on any atom is -0.385 e. The zero-order chi connectivity index (χ0) is 34.5. The molecule has 5 atom stereocenters. The Kier molecular flexibility index (Phi) is 10.2. The summed E-state index contributed by atoms with van der Waals surface area (Å²) in [4.78, 5) is 10.9. The summed E-state index contributed by atoms with van der Waals surface area (Å²) in [7, 11) is 0. The van der Waals surface area contributed by atoms with Gasteiger partial charge >= 0.3 is 0 Å². The maximum absolute atomic E-state index is 9.91. The van der Waals surface area contributed by atoms with E-state index in [0.29, 0.717) is 49.9 Å². The minimum atomic E-state index is -0.668. The van der Waals surface area contributed by atoms with Crippen molar-refractivity contribution in [3.63, 3.8) is 0 Å². The fourth-order valence-corrected chi connectivity index (χ4v) is 6.54. The van der Waals surface area contributed by atoms with Crippen molar-refractivity contribution in [2.45, 2.75) is 77.2 Å². The number of aromatic nitrogens is 6. The summed E-state index contributed by atoms with van der Waals surface area (Å²) in [6.45, 7) is 6.71. The number of nitrogens with zero attached hydrogens (tertiary/aromatic N) is 8. The smallest absolute Gasteiger partial charge is 0.167 e. The summed E-state index contributed by atoms with van der Waals surface area (Å²) < 4.78 is 27.1. The zero-order valence-corrected chi connectivity index (χ0v) is 28.2. The molecule has 0 radical (unpaired) electrons. The Morgan fingerprint density at radius 1 is 0.980 bits per heavy atom. The van der Waals surface area contributed by atoms with Gasteiger partial charge in [0.1, 0.15) is 35.2 Å². The minimum absolute atomic E-state index is 0.158. The maximum atomic E-state index is 9.91. The van der Waals surface area contributed by atoms with E-state index in [1.165, 1.54) is 0 Å². The molecule has 5 aromatic rings. The number of hydrogen-bond donors (Lipinski definition) is 1. The largest absolute Gasteiger partial charge is 0.385 e. The molecule has 0 saturated carbocycles. The summed E-state index contributed by atoms with van der Waals surface area (Å²) >= 11 is 0. The quantitative estimate of drug-likeness (QED) is 0.169. The third-order valence-corrected chi connectivity index (χ3v) is 9.12. The van der Waals surface area contributed by atoms with Crippen LogP contribution in [0.15, 0.2) is 70.2 Å². The third-order valence-electron chi connectivity index (χ3n) is 9.12. The average molecular weight is 677 g/mol. The van der Waals surface area contributed by atoms with Crippen molar-refractivity contribution < 1.29 is 23.6 Å². The molecule has 0 spiro atoms. The molecule has 2 aliphatic heterocycles. The molecular formula is C37H40N8O5. The second-order valence-electron chi connectivity index (χ2n) is 12.8. The zero-order valence-electron chi connectivity index (χ0n) is 28.2. The molecule has 1 N–H and O–H groups in total. The molecule has 50 heavy (non-hydrogen) atoms. The van der Waals surface area contributed by atoms with Crippen LogP contribution in [-0.4, -0.2) is 65.4 Å². The summed E-state index contributed by atoms with van der Waals surface area (Å²) in [6, 6.07) is 13.9. The van der Waals surface area contributed by atoms with Crippen LogP contribution in [0.5, 0.6) is 0 Å². The summed E-state index contributed by atoms with van der Waals surface area (Å²) in [5.74, 6) is 9.08. The highest BCUT2D eigenvalue weighted by atomic mass is 16.7. The van der Waals surface area contributed by atoms with Gasteiger partial charge in [-0.3, -0.25) is 4.90 Å².